The van der Waals surface area contributed by atoms with E-state index in [0.29, 0.717) is 11.3 Å². The highest BCUT2D eigenvalue weighted by Gasteiger charge is 2.29. The van der Waals surface area contributed by atoms with Crippen LogP contribution < -0.4 is 4.74 Å². The van der Waals surface area contributed by atoms with Gasteiger partial charge in [-0.2, -0.15) is 0 Å². The monoisotopic (exact) mass is 238 g/mol. The standard InChI is InChI=1S/C12H14O5/c1-12(2,11(15)16)17-9-5-3-8(4-6-9)7-10(13)14/h3-6H,7H2,1-2H3,(H,13,14)(H,15,16). The summed E-state index contributed by atoms with van der Waals surface area (Å²) in [6, 6.07) is 6.31. The van der Waals surface area contributed by atoms with Crippen molar-refractivity contribution in [3.8, 4) is 5.75 Å². The summed E-state index contributed by atoms with van der Waals surface area (Å²) in [6.07, 6.45) is -0.0669. The summed E-state index contributed by atoms with van der Waals surface area (Å²) in [5, 5.41) is 17.5. The SMILES string of the molecule is CC(C)(Oc1ccc(CC(=O)O)cc1)C(=O)O. The minimum absolute atomic E-state index is 0.0669. The van der Waals surface area contributed by atoms with Gasteiger partial charge in [-0.1, -0.05) is 12.1 Å². The van der Waals surface area contributed by atoms with Crippen molar-refractivity contribution in [1.82, 2.24) is 0 Å². The zero-order valence-corrected chi connectivity index (χ0v) is 9.64. The van der Waals surface area contributed by atoms with E-state index in [-0.39, 0.29) is 6.42 Å². The lowest BCUT2D eigenvalue weighted by Crippen LogP contribution is -2.37. The molecule has 5 nitrogen and oxygen atoms in total. The lowest BCUT2D eigenvalue weighted by molar-refractivity contribution is -0.152. The van der Waals surface area contributed by atoms with Gasteiger partial charge >= 0.3 is 11.9 Å². The van der Waals surface area contributed by atoms with Gasteiger partial charge in [0.1, 0.15) is 5.75 Å². The maximum absolute atomic E-state index is 10.8. The Morgan fingerprint density at radius 3 is 2.12 bits per heavy atom. The molecule has 92 valence electrons. The Morgan fingerprint density at radius 1 is 1.18 bits per heavy atom. The molecule has 1 aromatic carbocycles. The molecule has 0 aliphatic heterocycles. The first-order chi connectivity index (χ1) is 7.81. The molecular formula is C12H14O5. The van der Waals surface area contributed by atoms with E-state index in [1.54, 1.807) is 24.3 Å². The van der Waals surface area contributed by atoms with E-state index in [9.17, 15) is 9.59 Å². The molecule has 5 heteroatoms. The Hall–Kier alpha value is -2.04. The molecule has 0 unspecified atom stereocenters. The summed E-state index contributed by atoms with van der Waals surface area (Å²) < 4.78 is 5.28. The Morgan fingerprint density at radius 2 is 1.71 bits per heavy atom. The van der Waals surface area contributed by atoms with Crippen LogP contribution in [-0.2, 0) is 16.0 Å². The predicted molar refractivity (Wildman–Crippen MR) is 60.1 cm³/mol. The number of ether oxygens (including phenoxy) is 1. The maximum Gasteiger partial charge on any atom is 0.347 e. The van der Waals surface area contributed by atoms with Crippen molar-refractivity contribution in [2.75, 3.05) is 0 Å². The van der Waals surface area contributed by atoms with Crippen LogP contribution in [0.15, 0.2) is 24.3 Å². The van der Waals surface area contributed by atoms with Crippen LogP contribution in [0.2, 0.25) is 0 Å². The van der Waals surface area contributed by atoms with Crippen LogP contribution in [0.3, 0.4) is 0 Å². The van der Waals surface area contributed by atoms with Gasteiger partial charge in [0.15, 0.2) is 5.60 Å². The first-order valence-electron chi connectivity index (χ1n) is 5.04. The summed E-state index contributed by atoms with van der Waals surface area (Å²) in [5.74, 6) is -1.58. The van der Waals surface area contributed by atoms with Crippen LogP contribution in [0.4, 0.5) is 0 Å². The molecule has 2 N–H and O–H groups in total. The number of carboxylic acid groups (broad SMARTS) is 2. The fraction of sp³-hybridized carbons (Fsp3) is 0.333. The van der Waals surface area contributed by atoms with Crippen molar-refractivity contribution >= 4 is 11.9 Å². The largest absolute Gasteiger partial charge is 0.481 e. The molecule has 0 bridgehead atoms. The van der Waals surface area contributed by atoms with E-state index in [4.69, 9.17) is 14.9 Å². The van der Waals surface area contributed by atoms with Gasteiger partial charge in [-0.15, -0.1) is 0 Å². The molecule has 0 amide bonds. The van der Waals surface area contributed by atoms with Crippen molar-refractivity contribution in [1.29, 1.82) is 0 Å². The van der Waals surface area contributed by atoms with Gasteiger partial charge < -0.3 is 14.9 Å². The molecule has 0 fully saturated rings. The summed E-state index contributed by atoms with van der Waals surface area (Å²) in [7, 11) is 0. The molecule has 0 aromatic heterocycles. The average molecular weight is 238 g/mol. The van der Waals surface area contributed by atoms with Crippen molar-refractivity contribution in [2.45, 2.75) is 25.9 Å². The average Bonchev–Trinajstić information content (AvgIpc) is 2.19. The topological polar surface area (TPSA) is 83.8 Å². The molecular weight excluding hydrogens is 224 g/mol. The number of hydrogen-bond acceptors (Lipinski definition) is 3. The Balaban J connectivity index is 2.75. The van der Waals surface area contributed by atoms with E-state index < -0.39 is 17.5 Å². The smallest absolute Gasteiger partial charge is 0.347 e. The van der Waals surface area contributed by atoms with Gasteiger partial charge in [0.2, 0.25) is 0 Å². The third-order valence-corrected chi connectivity index (χ3v) is 2.17. The second kappa shape index (κ2) is 4.86. The zero-order chi connectivity index (χ0) is 13.1. The first kappa shape index (κ1) is 13.0. The van der Waals surface area contributed by atoms with Gasteiger partial charge in [0, 0.05) is 0 Å². The molecule has 0 atom stereocenters. The van der Waals surface area contributed by atoms with Gasteiger partial charge in [-0.3, -0.25) is 4.79 Å². The molecule has 1 aromatic rings. The Bertz CT molecular complexity index is 419. The number of benzene rings is 1. The minimum Gasteiger partial charge on any atom is -0.481 e. The third-order valence-electron chi connectivity index (χ3n) is 2.17. The van der Waals surface area contributed by atoms with Crippen LogP contribution in [0.1, 0.15) is 19.4 Å². The molecule has 0 saturated heterocycles. The van der Waals surface area contributed by atoms with E-state index >= 15 is 0 Å². The molecule has 17 heavy (non-hydrogen) atoms. The quantitative estimate of drug-likeness (QED) is 0.813. The maximum atomic E-state index is 10.8. The molecule has 0 saturated carbocycles. The Kier molecular flexibility index (Phi) is 3.73. The van der Waals surface area contributed by atoms with E-state index in [0.717, 1.165) is 0 Å². The highest BCUT2D eigenvalue weighted by Crippen LogP contribution is 2.19. The number of carbonyl (C=O) groups is 2. The molecule has 0 aliphatic carbocycles. The van der Waals surface area contributed by atoms with E-state index in [2.05, 4.69) is 0 Å². The van der Waals surface area contributed by atoms with Crippen molar-refractivity contribution in [3.05, 3.63) is 29.8 Å². The van der Waals surface area contributed by atoms with Gasteiger partial charge in [0.05, 0.1) is 6.42 Å². The molecule has 0 heterocycles. The third kappa shape index (κ3) is 3.79. The summed E-state index contributed by atoms with van der Waals surface area (Å²) >= 11 is 0. The van der Waals surface area contributed by atoms with Crippen LogP contribution >= 0.6 is 0 Å². The summed E-state index contributed by atoms with van der Waals surface area (Å²) in [4.78, 5) is 21.3. The van der Waals surface area contributed by atoms with Crippen molar-refractivity contribution in [3.63, 3.8) is 0 Å². The van der Waals surface area contributed by atoms with Crippen molar-refractivity contribution < 1.29 is 24.5 Å². The predicted octanol–water partition coefficient (Wildman–Crippen LogP) is 1.56. The first-order valence-corrected chi connectivity index (χ1v) is 5.04. The fourth-order valence-corrected chi connectivity index (χ4v) is 1.19. The van der Waals surface area contributed by atoms with E-state index in [1.807, 2.05) is 0 Å². The number of hydrogen-bond donors (Lipinski definition) is 2. The lowest BCUT2D eigenvalue weighted by atomic mass is 10.1. The van der Waals surface area contributed by atoms with Gasteiger partial charge in [-0.25, -0.2) is 4.79 Å². The van der Waals surface area contributed by atoms with Gasteiger partial charge in [0.25, 0.3) is 0 Å². The van der Waals surface area contributed by atoms with Crippen LogP contribution in [0.5, 0.6) is 5.75 Å². The highest BCUT2D eigenvalue weighted by atomic mass is 16.5. The van der Waals surface area contributed by atoms with E-state index in [1.165, 1.54) is 13.8 Å². The Labute approximate surface area is 98.6 Å². The summed E-state index contributed by atoms with van der Waals surface area (Å²) in [5.41, 5.74) is -0.674. The normalized spacial score (nSPS) is 10.9. The summed E-state index contributed by atoms with van der Waals surface area (Å²) in [6.45, 7) is 2.89. The second-order valence-electron chi connectivity index (χ2n) is 4.13. The van der Waals surface area contributed by atoms with Crippen LogP contribution in [0, 0.1) is 0 Å². The lowest BCUT2D eigenvalue weighted by Gasteiger charge is -2.21. The highest BCUT2D eigenvalue weighted by molar-refractivity contribution is 5.76. The number of carboxylic acids is 2. The zero-order valence-electron chi connectivity index (χ0n) is 9.64. The molecule has 0 radical (unpaired) electrons. The minimum atomic E-state index is -1.31. The number of aliphatic carboxylic acids is 2. The van der Waals surface area contributed by atoms with Crippen molar-refractivity contribution in [2.24, 2.45) is 0 Å². The fourth-order valence-electron chi connectivity index (χ4n) is 1.19. The second-order valence-corrected chi connectivity index (χ2v) is 4.13. The number of rotatable bonds is 5. The van der Waals surface area contributed by atoms with Gasteiger partial charge in [-0.05, 0) is 31.5 Å². The molecule has 1 rings (SSSR count). The molecule has 0 spiro atoms. The van der Waals surface area contributed by atoms with Crippen LogP contribution in [-0.4, -0.2) is 27.8 Å². The van der Waals surface area contributed by atoms with Crippen LogP contribution in [0.25, 0.3) is 0 Å². The molecule has 0 aliphatic rings.